The Morgan fingerprint density at radius 1 is 1.26 bits per heavy atom. The van der Waals surface area contributed by atoms with Crippen LogP contribution in [0, 0.1) is 5.41 Å². The van der Waals surface area contributed by atoms with E-state index in [0.29, 0.717) is 6.42 Å². The molecule has 0 saturated carbocycles. The Balaban J connectivity index is 2.58. The molecule has 19 heavy (non-hydrogen) atoms. The van der Waals surface area contributed by atoms with Gasteiger partial charge < -0.3 is 10.4 Å². The maximum atomic E-state index is 10.5. The number of carboxylic acids is 1. The normalized spacial score (nSPS) is 13.2. The molecule has 0 saturated heterocycles. The Kier molecular flexibility index (Phi) is 6.03. The van der Waals surface area contributed by atoms with Crippen LogP contribution in [0.15, 0.2) is 30.3 Å². The van der Waals surface area contributed by atoms with Crippen molar-refractivity contribution in [3.05, 3.63) is 35.9 Å². The van der Waals surface area contributed by atoms with Crippen molar-refractivity contribution >= 4 is 5.97 Å². The van der Waals surface area contributed by atoms with Crippen LogP contribution in [0.4, 0.5) is 0 Å². The predicted molar refractivity (Wildman–Crippen MR) is 78.1 cm³/mol. The zero-order chi connectivity index (χ0) is 14.3. The van der Waals surface area contributed by atoms with Crippen molar-refractivity contribution in [2.24, 2.45) is 5.41 Å². The lowest BCUT2D eigenvalue weighted by Gasteiger charge is -2.27. The fourth-order valence-corrected chi connectivity index (χ4v) is 2.12. The molecule has 0 heterocycles. The fraction of sp³-hybridized carbons (Fsp3) is 0.562. The van der Waals surface area contributed by atoms with E-state index >= 15 is 0 Å². The van der Waals surface area contributed by atoms with Gasteiger partial charge in [-0.15, -0.1) is 0 Å². The number of hydrogen-bond donors (Lipinski definition) is 2. The van der Waals surface area contributed by atoms with Crippen molar-refractivity contribution in [2.75, 3.05) is 6.54 Å². The van der Waals surface area contributed by atoms with Gasteiger partial charge in [0.05, 0.1) is 0 Å². The molecule has 1 aromatic rings. The second kappa shape index (κ2) is 7.29. The van der Waals surface area contributed by atoms with Crippen LogP contribution in [0.5, 0.6) is 0 Å². The summed E-state index contributed by atoms with van der Waals surface area (Å²) in [7, 11) is 0. The van der Waals surface area contributed by atoms with Gasteiger partial charge >= 0.3 is 5.97 Å². The third-order valence-corrected chi connectivity index (χ3v) is 2.98. The topological polar surface area (TPSA) is 49.3 Å². The molecule has 106 valence electrons. The van der Waals surface area contributed by atoms with E-state index in [2.05, 4.69) is 38.2 Å². The molecule has 0 aliphatic rings. The van der Waals surface area contributed by atoms with Crippen LogP contribution in [-0.4, -0.2) is 17.6 Å². The second-order valence-electron chi connectivity index (χ2n) is 6.18. The van der Waals surface area contributed by atoms with E-state index < -0.39 is 5.97 Å². The molecule has 3 nitrogen and oxygen atoms in total. The molecule has 0 aliphatic carbocycles. The lowest BCUT2D eigenvalue weighted by atomic mass is 9.85. The zero-order valence-corrected chi connectivity index (χ0v) is 12.1. The van der Waals surface area contributed by atoms with Gasteiger partial charge in [-0.1, -0.05) is 51.1 Å². The highest BCUT2D eigenvalue weighted by molar-refractivity contribution is 5.66. The summed E-state index contributed by atoms with van der Waals surface area (Å²) in [5.41, 5.74) is 1.51. The predicted octanol–water partition coefficient (Wildman–Crippen LogP) is 3.62. The summed E-state index contributed by atoms with van der Waals surface area (Å²) in [5.74, 6) is -0.728. The minimum atomic E-state index is -0.728. The van der Waals surface area contributed by atoms with Crippen molar-refractivity contribution in [3.63, 3.8) is 0 Å². The highest BCUT2D eigenvalue weighted by atomic mass is 16.4. The number of carbonyl (C=O) groups is 1. The Hall–Kier alpha value is -1.35. The first-order valence-corrected chi connectivity index (χ1v) is 6.88. The van der Waals surface area contributed by atoms with Gasteiger partial charge in [-0.2, -0.15) is 0 Å². The SMILES string of the molecule is CC(C)(C)CC(NCCCC(=O)O)c1ccccc1. The largest absolute Gasteiger partial charge is 0.481 e. The van der Waals surface area contributed by atoms with Crippen LogP contribution in [0.2, 0.25) is 0 Å². The standard InChI is InChI=1S/C16H25NO2/c1-16(2,3)12-14(13-8-5-4-6-9-13)17-11-7-10-15(18)19/h4-6,8-9,14,17H,7,10-12H2,1-3H3,(H,18,19). The maximum absolute atomic E-state index is 10.5. The smallest absolute Gasteiger partial charge is 0.303 e. The molecule has 1 aromatic carbocycles. The Morgan fingerprint density at radius 3 is 2.42 bits per heavy atom. The highest BCUT2D eigenvalue weighted by Crippen LogP contribution is 2.29. The van der Waals surface area contributed by atoms with Gasteiger partial charge in [0.15, 0.2) is 0 Å². The average molecular weight is 263 g/mol. The quantitative estimate of drug-likeness (QED) is 0.739. The first-order valence-electron chi connectivity index (χ1n) is 6.88. The molecule has 0 bridgehead atoms. The third kappa shape index (κ3) is 6.97. The molecule has 0 spiro atoms. The molecule has 1 rings (SSSR count). The molecule has 1 atom stereocenters. The Labute approximate surface area is 116 Å². The van der Waals surface area contributed by atoms with Crippen LogP contribution in [0.1, 0.15) is 51.6 Å². The van der Waals surface area contributed by atoms with E-state index in [1.807, 2.05) is 18.2 Å². The van der Waals surface area contributed by atoms with Crippen LogP contribution in [0.3, 0.4) is 0 Å². The van der Waals surface area contributed by atoms with Gasteiger partial charge in [-0.25, -0.2) is 0 Å². The van der Waals surface area contributed by atoms with Gasteiger partial charge in [0, 0.05) is 12.5 Å². The van der Waals surface area contributed by atoms with Gasteiger partial charge in [0.2, 0.25) is 0 Å². The average Bonchev–Trinajstić information content (AvgIpc) is 2.32. The summed E-state index contributed by atoms with van der Waals surface area (Å²) in [5, 5.41) is 12.1. The number of nitrogens with one attached hydrogen (secondary N) is 1. The molecule has 0 amide bonds. The summed E-state index contributed by atoms with van der Waals surface area (Å²) < 4.78 is 0. The summed E-state index contributed by atoms with van der Waals surface area (Å²) in [4.78, 5) is 10.5. The number of carboxylic acid groups (broad SMARTS) is 1. The van der Waals surface area contributed by atoms with Crippen molar-refractivity contribution < 1.29 is 9.90 Å². The van der Waals surface area contributed by atoms with Crippen LogP contribution >= 0.6 is 0 Å². The molecule has 0 fully saturated rings. The molecule has 2 N–H and O–H groups in total. The van der Waals surface area contributed by atoms with Crippen molar-refractivity contribution in [1.82, 2.24) is 5.32 Å². The molecular weight excluding hydrogens is 238 g/mol. The van der Waals surface area contributed by atoms with E-state index in [1.54, 1.807) is 0 Å². The van der Waals surface area contributed by atoms with Crippen molar-refractivity contribution in [2.45, 2.75) is 46.1 Å². The minimum Gasteiger partial charge on any atom is -0.481 e. The van der Waals surface area contributed by atoms with Gasteiger partial charge in [0.25, 0.3) is 0 Å². The molecule has 1 unspecified atom stereocenters. The lowest BCUT2D eigenvalue weighted by molar-refractivity contribution is -0.137. The summed E-state index contributed by atoms with van der Waals surface area (Å²) in [6.45, 7) is 7.41. The van der Waals surface area contributed by atoms with E-state index in [1.165, 1.54) is 5.56 Å². The summed E-state index contributed by atoms with van der Waals surface area (Å²) in [6, 6.07) is 10.6. The lowest BCUT2D eigenvalue weighted by Crippen LogP contribution is -2.27. The van der Waals surface area contributed by atoms with Crippen molar-refractivity contribution in [1.29, 1.82) is 0 Å². The number of aliphatic carboxylic acids is 1. The third-order valence-electron chi connectivity index (χ3n) is 2.98. The minimum absolute atomic E-state index is 0.226. The maximum Gasteiger partial charge on any atom is 0.303 e. The van der Waals surface area contributed by atoms with Crippen LogP contribution in [-0.2, 0) is 4.79 Å². The zero-order valence-electron chi connectivity index (χ0n) is 12.1. The first-order chi connectivity index (χ1) is 8.88. The monoisotopic (exact) mass is 263 g/mol. The summed E-state index contributed by atoms with van der Waals surface area (Å²) in [6.07, 6.45) is 1.93. The van der Waals surface area contributed by atoms with Crippen LogP contribution < -0.4 is 5.32 Å². The number of hydrogen-bond acceptors (Lipinski definition) is 2. The van der Waals surface area contributed by atoms with Gasteiger partial charge in [0.1, 0.15) is 0 Å². The Bertz CT molecular complexity index is 381. The second-order valence-corrected chi connectivity index (χ2v) is 6.18. The molecule has 3 heteroatoms. The number of benzene rings is 1. The number of rotatable bonds is 7. The van der Waals surface area contributed by atoms with E-state index in [-0.39, 0.29) is 17.9 Å². The fourth-order valence-electron chi connectivity index (χ4n) is 2.12. The molecule has 0 aliphatic heterocycles. The van der Waals surface area contributed by atoms with Crippen molar-refractivity contribution in [3.8, 4) is 0 Å². The molecular formula is C16H25NO2. The summed E-state index contributed by atoms with van der Waals surface area (Å²) >= 11 is 0. The van der Waals surface area contributed by atoms with E-state index in [0.717, 1.165) is 13.0 Å². The van der Waals surface area contributed by atoms with E-state index in [4.69, 9.17) is 5.11 Å². The highest BCUT2D eigenvalue weighted by Gasteiger charge is 2.19. The van der Waals surface area contributed by atoms with Crippen LogP contribution in [0.25, 0.3) is 0 Å². The molecule has 0 aromatic heterocycles. The molecule has 0 radical (unpaired) electrons. The Morgan fingerprint density at radius 2 is 1.89 bits per heavy atom. The first kappa shape index (κ1) is 15.7. The van der Waals surface area contributed by atoms with Gasteiger partial charge in [-0.3, -0.25) is 4.79 Å². The van der Waals surface area contributed by atoms with Gasteiger partial charge in [-0.05, 0) is 30.4 Å². The van der Waals surface area contributed by atoms with E-state index in [9.17, 15) is 4.79 Å².